The third-order valence-electron chi connectivity index (χ3n) is 7.63. The molecule has 3 unspecified atom stereocenters. The van der Waals surface area contributed by atoms with Crippen molar-refractivity contribution in [3.63, 3.8) is 0 Å². The van der Waals surface area contributed by atoms with E-state index in [1.165, 1.54) is 0 Å². The number of hydrogen-bond donors (Lipinski definition) is 1. The summed E-state index contributed by atoms with van der Waals surface area (Å²) in [5, 5.41) is 3.35. The Hall–Kier alpha value is -4.32. The third kappa shape index (κ3) is 5.60. The molecule has 1 heterocycles. The summed E-state index contributed by atoms with van der Waals surface area (Å²) in [5.74, 6) is -0.0767. The van der Waals surface area contributed by atoms with E-state index in [1.54, 1.807) is 14.2 Å². The van der Waals surface area contributed by atoms with E-state index in [4.69, 9.17) is 14.2 Å². The average molecular weight is 524 g/mol. The van der Waals surface area contributed by atoms with Gasteiger partial charge in [-0.2, -0.15) is 0 Å². The molecule has 0 saturated heterocycles. The van der Waals surface area contributed by atoms with Crippen molar-refractivity contribution in [2.24, 2.45) is 5.92 Å². The third-order valence-corrected chi connectivity index (χ3v) is 7.63. The first-order valence-corrected chi connectivity index (χ1v) is 13.2. The number of nitrogens with one attached hydrogen (secondary N) is 1. The zero-order valence-electron chi connectivity index (χ0n) is 22.3. The number of Topliss-reactive ketones (excluding diaryl/α,β-unsaturated/α-hetero) is 1. The molecule has 0 spiro atoms. The monoisotopic (exact) mass is 523 g/mol. The number of allylic oxidation sites excluding steroid dienone is 2. The lowest BCUT2D eigenvalue weighted by Crippen LogP contribution is -2.42. The summed E-state index contributed by atoms with van der Waals surface area (Å²) in [6.45, 7) is 4.48. The second-order valence-corrected chi connectivity index (χ2v) is 9.98. The fourth-order valence-corrected chi connectivity index (χ4v) is 5.61. The van der Waals surface area contributed by atoms with E-state index in [0.717, 1.165) is 28.1 Å². The summed E-state index contributed by atoms with van der Waals surface area (Å²) >= 11 is 0. The summed E-state index contributed by atoms with van der Waals surface area (Å²) in [6, 6.07) is 25.3. The van der Waals surface area contributed by atoms with E-state index in [2.05, 4.69) is 11.9 Å². The molecule has 3 aromatic carbocycles. The van der Waals surface area contributed by atoms with Crippen LogP contribution in [0, 0.1) is 5.92 Å². The van der Waals surface area contributed by atoms with Gasteiger partial charge in [0, 0.05) is 35.7 Å². The van der Waals surface area contributed by atoms with Crippen molar-refractivity contribution in [2.75, 3.05) is 20.8 Å². The van der Waals surface area contributed by atoms with Crippen molar-refractivity contribution < 1.29 is 23.8 Å². The van der Waals surface area contributed by atoms with E-state index < -0.39 is 11.8 Å². The van der Waals surface area contributed by atoms with Crippen LogP contribution < -0.4 is 14.8 Å². The van der Waals surface area contributed by atoms with Crippen LogP contribution in [0.2, 0.25) is 0 Å². The molecule has 6 nitrogen and oxygen atoms in total. The molecule has 1 aliphatic carbocycles. The quantitative estimate of drug-likeness (QED) is 0.382. The molecular formula is C33H33NO5. The van der Waals surface area contributed by atoms with Crippen LogP contribution in [0.1, 0.15) is 41.4 Å². The first-order chi connectivity index (χ1) is 19.0. The van der Waals surface area contributed by atoms with Crippen molar-refractivity contribution in [3.8, 4) is 11.5 Å². The highest BCUT2D eigenvalue weighted by molar-refractivity contribution is 6.01. The largest absolute Gasteiger partial charge is 0.497 e. The molecule has 0 saturated carbocycles. The fraction of sp³-hybridized carbons (Fsp3) is 0.273. The predicted octanol–water partition coefficient (Wildman–Crippen LogP) is 5.71. The number of rotatable bonds is 8. The number of ether oxygens (including phenoxy) is 3. The van der Waals surface area contributed by atoms with Crippen molar-refractivity contribution >= 4 is 11.8 Å². The van der Waals surface area contributed by atoms with E-state index in [9.17, 15) is 9.59 Å². The van der Waals surface area contributed by atoms with Gasteiger partial charge in [-0.05, 0) is 53.3 Å². The van der Waals surface area contributed by atoms with Gasteiger partial charge in [0.05, 0.1) is 20.8 Å². The van der Waals surface area contributed by atoms with Crippen LogP contribution >= 0.6 is 0 Å². The Kier molecular flexibility index (Phi) is 7.82. The highest BCUT2D eigenvalue weighted by atomic mass is 16.5. The number of benzene rings is 3. The van der Waals surface area contributed by atoms with Gasteiger partial charge in [0.25, 0.3) is 0 Å². The number of methoxy groups -OCH3 is 2. The van der Waals surface area contributed by atoms with Gasteiger partial charge < -0.3 is 19.5 Å². The first kappa shape index (κ1) is 26.3. The van der Waals surface area contributed by atoms with E-state index in [0.29, 0.717) is 36.3 Å². The predicted molar refractivity (Wildman–Crippen MR) is 150 cm³/mol. The second kappa shape index (κ2) is 11.6. The molecule has 3 aromatic rings. The molecule has 0 amide bonds. The topological polar surface area (TPSA) is 73.9 Å². The smallest absolute Gasteiger partial charge is 0.315 e. The minimum Gasteiger partial charge on any atom is -0.497 e. The number of ketones is 1. The van der Waals surface area contributed by atoms with Gasteiger partial charge >= 0.3 is 5.97 Å². The van der Waals surface area contributed by atoms with Crippen LogP contribution in [-0.2, 0) is 20.7 Å². The van der Waals surface area contributed by atoms with Gasteiger partial charge in [0.2, 0.25) is 0 Å². The zero-order valence-corrected chi connectivity index (χ0v) is 22.3. The Morgan fingerprint density at radius 1 is 0.872 bits per heavy atom. The summed E-state index contributed by atoms with van der Waals surface area (Å²) in [6.07, 6.45) is 1.62. The Labute approximate surface area is 229 Å². The summed E-state index contributed by atoms with van der Waals surface area (Å²) in [5.41, 5.74) is 5.03. The highest BCUT2D eigenvalue weighted by Crippen LogP contribution is 2.47. The second-order valence-electron chi connectivity index (χ2n) is 9.98. The summed E-state index contributed by atoms with van der Waals surface area (Å²) in [7, 11) is 3.25. The molecule has 0 fully saturated rings. The molecule has 1 aliphatic heterocycles. The molecule has 200 valence electrons. The van der Waals surface area contributed by atoms with Crippen molar-refractivity contribution in [2.45, 2.75) is 31.1 Å². The van der Waals surface area contributed by atoms with E-state index in [-0.39, 0.29) is 24.3 Å². The molecule has 0 radical (unpaired) electrons. The maximum atomic E-state index is 13.8. The Bertz CT molecular complexity index is 1380. The Morgan fingerprint density at radius 2 is 1.49 bits per heavy atom. The Morgan fingerprint density at radius 3 is 2.10 bits per heavy atom. The molecule has 39 heavy (non-hydrogen) atoms. The van der Waals surface area contributed by atoms with Gasteiger partial charge in [-0.15, -0.1) is 0 Å². The number of hydrogen-bond acceptors (Lipinski definition) is 6. The van der Waals surface area contributed by atoms with Crippen LogP contribution in [0.15, 0.2) is 102 Å². The summed E-state index contributed by atoms with van der Waals surface area (Å²) < 4.78 is 16.4. The number of carbonyl (C=O) groups excluding carboxylic acids is 2. The van der Waals surface area contributed by atoms with Gasteiger partial charge in [0.1, 0.15) is 17.4 Å². The maximum absolute atomic E-state index is 13.8. The molecule has 2 aliphatic rings. The minimum atomic E-state index is -0.727. The average Bonchev–Trinajstić information content (AvgIpc) is 2.97. The van der Waals surface area contributed by atoms with Crippen LogP contribution in [-0.4, -0.2) is 32.6 Å². The molecule has 6 heteroatoms. The van der Waals surface area contributed by atoms with E-state index >= 15 is 0 Å². The standard InChI is InChI=1S/C33H33NO5/c1-21-30(33(36)39-18-17-22-7-5-4-6-8-22)31(24-11-15-27(38-3)16-12-24)32-28(34-21)19-25(20-29(32)35)23-9-13-26(37-2)14-10-23/h4-16,25,30-31,34H,1,17-20H2,2-3H3. The Balaban J connectivity index is 1.45. The van der Waals surface area contributed by atoms with Crippen LogP contribution in [0.3, 0.4) is 0 Å². The molecule has 3 atom stereocenters. The number of esters is 1. The first-order valence-electron chi connectivity index (χ1n) is 13.2. The molecule has 0 aromatic heterocycles. The molecular weight excluding hydrogens is 490 g/mol. The minimum absolute atomic E-state index is 0.0216. The lowest BCUT2D eigenvalue weighted by Gasteiger charge is -2.40. The van der Waals surface area contributed by atoms with Gasteiger partial charge in [-0.1, -0.05) is 61.2 Å². The summed E-state index contributed by atoms with van der Waals surface area (Å²) in [4.78, 5) is 27.3. The maximum Gasteiger partial charge on any atom is 0.315 e. The SMILES string of the molecule is C=C1NC2=C(C(=O)CC(c3ccc(OC)cc3)C2)C(c2ccc(OC)cc2)C1C(=O)OCCc1ccccc1. The van der Waals surface area contributed by atoms with Gasteiger partial charge in [-0.3, -0.25) is 9.59 Å². The fourth-order valence-electron chi connectivity index (χ4n) is 5.61. The normalized spacial score (nSPS) is 20.6. The van der Waals surface area contributed by atoms with Crippen LogP contribution in [0.4, 0.5) is 0 Å². The van der Waals surface area contributed by atoms with E-state index in [1.807, 2.05) is 78.9 Å². The molecule has 1 N–H and O–H groups in total. The molecule has 0 bridgehead atoms. The lowest BCUT2D eigenvalue weighted by molar-refractivity contribution is -0.147. The van der Waals surface area contributed by atoms with Crippen molar-refractivity contribution in [1.29, 1.82) is 0 Å². The van der Waals surface area contributed by atoms with Crippen molar-refractivity contribution in [1.82, 2.24) is 5.32 Å². The van der Waals surface area contributed by atoms with Crippen LogP contribution in [0.5, 0.6) is 11.5 Å². The highest BCUT2D eigenvalue weighted by Gasteiger charge is 2.45. The van der Waals surface area contributed by atoms with Gasteiger partial charge in [0.15, 0.2) is 5.78 Å². The number of carbonyl (C=O) groups is 2. The zero-order chi connectivity index (χ0) is 27.4. The van der Waals surface area contributed by atoms with Crippen LogP contribution in [0.25, 0.3) is 0 Å². The molecule has 5 rings (SSSR count). The van der Waals surface area contributed by atoms with Crippen molar-refractivity contribution in [3.05, 3.63) is 119 Å². The van der Waals surface area contributed by atoms with Gasteiger partial charge in [-0.25, -0.2) is 0 Å². The lowest BCUT2D eigenvalue weighted by atomic mass is 9.69.